The maximum absolute atomic E-state index is 11.5. The molecule has 1 atom stereocenters. The summed E-state index contributed by atoms with van der Waals surface area (Å²) < 4.78 is 0. The Morgan fingerprint density at radius 2 is 2.14 bits per heavy atom. The van der Waals surface area contributed by atoms with Gasteiger partial charge in [0.25, 0.3) is 0 Å². The van der Waals surface area contributed by atoms with E-state index in [9.17, 15) is 4.79 Å². The van der Waals surface area contributed by atoms with Gasteiger partial charge in [-0.1, -0.05) is 0 Å². The largest absolute Gasteiger partial charge is 0.368 e. The fourth-order valence-electron chi connectivity index (χ4n) is 4.01. The molecular formula is C16H25N3OS. The third kappa shape index (κ3) is 3.29. The molecular weight excluding hydrogens is 282 g/mol. The molecule has 0 radical (unpaired) electrons. The third-order valence-electron chi connectivity index (χ3n) is 5.18. The molecule has 116 valence electrons. The number of aromatic nitrogens is 1. The second-order valence-corrected chi connectivity index (χ2v) is 7.46. The van der Waals surface area contributed by atoms with Crippen molar-refractivity contribution in [3.63, 3.8) is 0 Å². The summed E-state index contributed by atoms with van der Waals surface area (Å²) in [5, 5.41) is 0. The SMILES string of the molecule is Cc1ncsc1C1CCC(CN2CCCC2C(N)=O)CC1. The standard InChI is InChI=1S/C16H25N3OS/c1-11-15(21-10-18-11)13-6-4-12(5-7-13)9-19-8-2-3-14(19)16(17)20/h10,12-14H,2-9H2,1H3,(H2,17,20). The van der Waals surface area contributed by atoms with Crippen LogP contribution in [0.1, 0.15) is 55.0 Å². The lowest BCUT2D eigenvalue weighted by Crippen LogP contribution is -2.42. The van der Waals surface area contributed by atoms with Crippen LogP contribution in [-0.4, -0.2) is 34.9 Å². The Morgan fingerprint density at radius 1 is 1.38 bits per heavy atom. The maximum atomic E-state index is 11.5. The fraction of sp³-hybridized carbons (Fsp3) is 0.750. The molecule has 1 unspecified atom stereocenters. The van der Waals surface area contributed by atoms with Crippen molar-refractivity contribution in [3.8, 4) is 0 Å². The number of carbonyl (C=O) groups excluding carboxylic acids is 1. The molecule has 2 fully saturated rings. The highest BCUT2D eigenvalue weighted by Gasteiger charge is 2.32. The zero-order chi connectivity index (χ0) is 14.8. The van der Waals surface area contributed by atoms with Crippen LogP contribution in [0.3, 0.4) is 0 Å². The van der Waals surface area contributed by atoms with E-state index in [0.29, 0.717) is 5.92 Å². The topological polar surface area (TPSA) is 59.2 Å². The molecule has 2 N–H and O–H groups in total. The number of primary amides is 1. The average molecular weight is 307 g/mol. The van der Waals surface area contributed by atoms with E-state index in [1.807, 2.05) is 16.8 Å². The molecule has 3 rings (SSSR count). The van der Waals surface area contributed by atoms with Crippen molar-refractivity contribution in [3.05, 3.63) is 16.1 Å². The van der Waals surface area contributed by atoms with Crippen molar-refractivity contribution in [2.24, 2.45) is 11.7 Å². The minimum atomic E-state index is -0.138. The summed E-state index contributed by atoms with van der Waals surface area (Å²) in [5.41, 5.74) is 8.70. The minimum Gasteiger partial charge on any atom is -0.368 e. The summed E-state index contributed by atoms with van der Waals surface area (Å²) in [6, 6.07) is -0.00790. The van der Waals surface area contributed by atoms with Crippen LogP contribution in [0.15, 0.2) is 5.51 Å². The van der Waals surface area contributed by atoms with Gasteiger partial charge >= 0.3 is 0 Å². The van der Waals surface area contributed by atoms with Gasteiger partial charge in [0.1, 0.15) is 0 Å². The first-order valence-electron chi connectivity index (χ1n) is 8.08. The normalized spacial score (nSPS) is 30.6. The molecule has 0 bridgehead atoms. The lowest BCUT2D eigenvalue weighted by Gasteiger charge is -2.32. The number of hydrogen-bond donors (Lipinski definition) is 1. The smallest absolute Gasteiger partial charge is 0.234 e. The van der Waals surface area contributed by atoms with E-state index in [1.54, 1.807) is 0 Å². The number of nitrogens with two attached hydrogens (primary N) is 1. The van der Waals surface area contributed by atoms with Crippen molar-refractivity contribution in [2.45, 2.75) is 57.4 Å². The summed E-state index contributed by atoms with van der Waals surface area (Å²) in [5.74, 6) is 1.30. The van der Waals surface area contributed by atoms with Gasteiger partial charge in [0.05, 0.1) is 17.2 Å². The number of nitrogens with zero attached hydrogens (tertiary/aromatic N) is 2. The number of amides is 1. The first-order chi connectivity index (χ1) is 10.1. The highest BCUT2D eigenvalue weighted by molar-refractivity contribution is 7.09. The molecule has 1 aromatic heterocycles. The van der Waals surface area contributed by atoms with Gasteiger partial charge in [0.15, 0.2) is 0 Å². The predicted octanol–water partition coefficient (Wildman–Crippen LogP) is 2.68. The van der Waals surface area contributed by atoms with E-state index in [0.717, 1.165) is 31.8 Å². The Balaban J connectivity index is 1.52. The van der Waals surface area contributed by atoms with Crippen molar-refractivity contribution < 1.29 is 4.79 Å². The van der Waals surface area contributed by atoms with Crippen LogP contribution in [0.25, 0.3) is 0 Å². The monoisotopic (exact) mass is 307 g/mol. The molecule has 1 saturated carbocycles. The molecule has 2 aliphatic rings. The van der Waals surface area contributed by atoms with Crippen LogP contribution < -0.4 is 5.73 Å². The Kier molecular flexibility index (Phi) is 4.60. The summed E-state index contributed by atoms with van der Waals surface area (Å²) in [6.45, 7) is 4.23. The molecule has 0 spiro atoms. The van der Waals surface area contributed by atoms with Crippen LogP contribution in [0.4, 0.5) is 0 Å². The quantitative estimate of drug-likeness (QED) is 0.930. The summed E-state index contributed by atoms with van der Waals surface area (Å²) in [4.78, 5) is 19.7. The zero-order valence-electron chi connectivity index (χ0n) is 12.8. The van der Waals surface area contributed by atoms with Gasteiger partial charge in [-0.3, -0.25) is 9.69 Å². The number of aryl methyl sites for hydroxylation is 1. The molecule has 0 aromatic carbocycles. The molecule has 2 heterocycles. The highest BCUT2D eigenvalue weighted by atomic mass is 32.1. The van der Waals surface area contributed by atoms with Gasteiger partial charge < -0.3 is 5.73 Å². The van der Waals surface area contributed by atoms with Crippen LogP contribution in [0.5, 0.6) is 0 Å². The Bertz CT molecular complexity index is 493. The van der Waals surface area contributed by atoms with E-state index < -0.39 is 0 Å². The van der Waals surface area contributed by atoms with E-state index in [-0.39, 0.29) is 11.9 Å². The van der Waals surface area contributed by atoms with Gasteiger partial charge in [0.2, 0.25) is 5.91 Å². The van der Waals surface area contributed by atoms with Crippen LogP contribution in [-0.2, 0) is 4.79 Å². The van der Waals surface area contributed by atoms with Crippen LogP contribution in [0.2, 0.25) is 0 Å². The Hall–Kier alpha value is -0.940. The highest BCUT2D eigenvalue weighted by Crippen LogP contribution is 2.39. The molecule has 21 heavy (non-hydrogen) atoms. The maximum Gasteiger partial charge on any atom is 0.234 e. The van der Waals surface area contributed by atoms with E-state index in [2.05, 4.69) is 16.8 Å². The second kappa shape index (κ2) is 6.44. The number of thiazole rings is 1. The molecule has 4 nitrogen and oxygen atoms in total. The summed E-state index contributed by atoms with van der Waals surface area (Å²) >= 11 is 1.81. The number of likely N-dealkylation sites (tertiary alicyclic amines) is 1. The van der Waals surface area contributed by atoms with Gasteiger partial charge in [-0.25, -0.2) is 4.98 Å². The molecule has 1 amide bonds. The first kappa shape index (κ1) is 15.0. The van der Waals surface area contributed by atoms with Crippen molar-refractivity contribution in [2.75, 3.05) is 13.1 Å². The zero-order valence-corrected chi connectivity index (χ0v) is 13.6. The summed E-state index contributed by atoms with van der Waals surface area (Å²) in [7, 11) is 0. The van der Waals surface area contributed by atoms with Gasteiger partial charge in [0, 0.05) is 11.4 Å². The predicted molar refractivity (Wildman–Crippen MR) is 85.3 cm³/mol. The Labute approximate surface area is 130 Å². The second-order valence-electron chi connectivity index (χ2n) is 6.58. The van der Waals surface area contributed by atoms with Gasteiger partial charge in [-0.05, 0) is 63.8 Å². The Morgan fingerprint density at radius 3 is 2.76 bits per heavy atom. The first-order valence-corrected chi connectivity index (χ1v) is 8.96. The lowest BCUT2D eigenvalue weighted by molar-refractivity contribution is -0.122. The number of rotatable bonds is 4. The molecule has 1 saturated heterocycles. The van der Waals surface area contributed by atoms with E-state index in [4.69, 9.17) is 5.73 Å². The summed E-state index contributed by atoms with van der Waals surface area (Å²) in [6.07, 6.45) is 7.13. The minimum absolute atomic E-state index is 0.00790. The van der Waals surface area contributed by atoms with Crippen LogP contribution >= 0.6 is 11.3 Å². The average Bonchev–Trinajstić information content (AvgIpc) is 3.09. The van der Waals surface area contributed by atoms with E-state index >= 15 is 0 Å². The van der Waals surface area contributed by atoms with Crippen molar-refractivity contribution >= 4 is 17.2 Å². The third-order valence-corrected chi connectivity index (χ3v) is 6.28. The fourth-order valence-corrected chi connectivity index (χ4v) is 4.98. The van der Waals surface area contributed by atoms with E-state index in [1.165, 1.54) is 36.3 Å². The van der Waals surface area contributed by atoms with Crippen LogP contribution in [0, 0.1) is 12.8 Å². The number of carbonyl (C=O) groups is 1. The van der Waals surface area contributed by atoms with Gasteiger partial charge in [-0.15, -0.1) is 11.3 Å². The molecule has 5 heteroatoms. The number of hydrogen-bond acceptors (Lipinski definition) is 4. The molecule has 1 aliphatic heterocycles. The van der Waals surface area contributed by atoms with Crippen molar-refractivity contribution in [1.82, 2.24) is 9.88 Å². The lowest BCUT2D eigenvalue weighted by atomic mass is 9.80. The van der Waals surface area contributed by atoms with Crippen molar-refractivity contribution in [1.29, 1.82) is 0 Å². The van der Waals surface area contributed by atoms with Gasteiger partial charge in [-0.2, -0.15) is 0 Å². The molecule has 1 aromatic rings. The molecule has 1 aliphatic carbocycles.